The highest BCUT2D eigenvalue weighted by atomic mass is 32.2. The molecule has 0 unspecified atom stereocenters. The minimum atomic E-state index is -4.00. The summed E-state index contributed by atoms with van der Waals surface area (Å²) in [4.78, 5) is 10.4. The molecule has 148 valence electrons. The van der Waals surface area contributed by atoms with Gasteiger partial charge in [0, 0.05) is 17.7 Å². The van der Waals surface area contributed by atoms with Crippen molar-refractivity contribution in [3.05, 3.63) is 28.3 Å². The second-order valence-electron chi connectivity index (χ2n) is 7.45. The smallest absolute Gasteiger partial charge is 0.272 e. The topological polar surface area (TPSA) is 128 Å². The zero-order valence-corrected chi connectivity index (χ0v) is 16.1. The molecule has 3 N–H and O–H groups in total. The van der Waals surface area contributed by atoms with Gasteiger partial charge >= 0.3 is 0 Å². The van der Waals surface area contributed by atoms with Gasteiger partial charge in [-0.25, -0.2) is 13.6 Å². The summed E-state index contributed by atoms with van der Waals surface area (Å²) in [7, 11) is -4.00. The Kier molecular flexibility index (Phi) is 6.11. The fourth-order valence-electron chi connectivity index (χ4n) is 4.27. The number of hydrazone groups is 1. The van der Waals surface area contributed by atoms with Gasteiger partial charge in [0.05, 0.1) is 9.82 Å². The van der Waals surface area contributed by atoms with E-state index in [4.69, 9.17) is 5.14 Å². The van der Waals surface area contributed by atoms with Crippen LogP contribution in [0.25, 0.3) is 0 Å². The number of rotatable bonds is 5. The maximum absolute atomic E-state index is 11.4. The molecule has 8 nitrogen and oxygen atoms in total. The number of hydrogen-bond donors (Lipinski definition) is 2. The van der Waals surface area contributed by atoms with Gasteiger partial charge in [-0.05, 0) is 50.2 Å². The lowest BCUT2D eigenvalue weighted by atomic mass is 9.72. The van der Waals surface area contributed by atoms with Crippen molar-refractivity contribution in [3.8, 4) is 0 Å². The molecular formula is C18H26N4O4S. The van der Waals surface area contributed by atoms with Crippen molar-refractivity contribution in [1.29, 1.82) is 0 Å². The number of sulfonamides is 1. The minimum Gasteiger partial charge on any atom is -0.272 e. The average Bonchev–Trinajstić information content (AvgIpc) is 2.66. The fourth-order valence-corrected chi connectivity index (χ4v) is 4.81. The predicted molar refractivity (Wildman–Crippen MR) is 104 cm³/mol. The van der Waals surface area contributed by atoms with Crippen LogP contribution in [0.3, 0.4) is 0 Å². The van der Waals surface area contributed by atoms with Crippen molar-refractivity contribution in [2.75, 3.05) is 5.43 Å². The lowest BCUT2D eigenvalue weighted by Crippen LogP contribution is -2.29. The lowest BCUT2D eigenvalue weighted by molar-refractivity contribution is -0.384. The summed E-state index contributed by atoms with van der Waals surface area (Å²) in [5.41, 5.74) is 3.73. The second-order valence-corrected chi connectivity index (χ2v) is 9.01. The van der Waals surface area contributed by atoms with Crippen LogP contribution in [-0.2, 0) is 10.0 Å². The largest absolute Gasteiger partial charge is 0.295 e. The normalized spacial score (nSPS) is 23.3. The predicted octanol–water partition coefficient (Wildman–Crippen LogP) is 3.78. The summed E-state index contributed by atoms with van der Waals surface area (Å²) in [6.07, 6.45) is 10.6. The first-order valence-electron chi connectivity index (χ1n) is 9.50. The molecule has 0 saturated heterocycles. The Balaban J connectivity index is 1.83. The molecule has 0 heterocycles. The van der Waals surface area contributed by atoms with Gasteiger partial charge in [-0.2, -0.15) is 5.10 Å². The minimum absolute atomic E-state index is 0.174. The highest BCUT2D eigenvalue weighted by Gasteiger charge is 2.30. The van der Waals surface area contributed by atoms with Crippen LogP contribution in [0.5, 0.6) is 0 Å². The van der Waals surface area contributed by atoms with Crippen molar-refractivity contribution in [3.63, 3.8) is 0 Å². The number of nitro groups is 1. The number of anilines is 1. The highest BCUT2D eigenvalue weighted by Crippen LogP contribution is 2.37. The Bertz CT molecular complexity index is 832. The van der Waals surface area contributed by atoms with Crippen LogP contribution >= 0.6 is 0 Å². The first-order valence-corrected chi connectivity index (χ1v) is 11.0. The second kappa shape index (κ2) is 8.35. The van der Waals surface area contributed by atoms with Gasteiger partial charge in [0.2, 0.25) is 10.0 Å². The number of primary sulfonamides is 1. The van der Waals surface area contributed by atoms with Crippen molar-refractivity contribution in [2.24, 2.45) is 22.1 Å². The maximum Gasteiger partial charge on any atom is 0.295 e. The van der Waals surface area contributed by atoms with E-state index in [0.29, 0.717) is 11.8 Å². The Hall–Kier alpha value is -2.00. The van der Waals surface area contributed by atoms with E-state index in [1.165, 1.54) is 50.7 Å². The SMILES string of the molecule is NS(=O)(=O)c1ccc(NN=C2CCCC[C@H]2C2CCCCC2)c([N+](=O)[O-])c1. The summed E-state index contributed by atoms with van der Waals surface area (Å²) in [5.74, 6) is 1.09. The molecule has 2 aliphatic rings. The Morgan fingerprint density at radius 1 is 1.11 bits per heavy atom. The number of nitrogens with one attached hydrogen (secondary N) is 1. The molecule has 0 radical (unpaired) electrons. The molecule has 1 aromatic rings. The van der Waals surface area contributed by atoms with E-state index in [-0.39, 0.29) is 16.3 Å². The molecule has 9 heteroatoms. The van der Waals surface area contributed by atoms with Gasteiger partial charge in [0.15, 0.2) is 0 Å². The van der Waals surface area contributed by atoms with Crippen LogP contribution in [0, 0.1) is 22.0 Å². The van der Waals surface area contributed by atoms with E-state index >= 15 is 0 Å². The Morgan fingerprint density at radius 3 is 2.48 bits per heavy atom. The van der Waals surface area contributed by atoms with E-state index < -0.39 is 14.9 Å². The van der Waals surface area contributed by atoms with Crippen LogP contribution in [0.15, 0.2) is 28.2 Å². The molecule has 2 saturated carbocycles. The summed E-state index contributed by atoms with van der Waals surface area (Å²) >= 11 is 0. The van der Waals surface area contributed by atoms with Crippen LogP contribution in [0.1, 0.15) is 57.8 Å². The van der Waals surface area contributed by atoms with E-state index in [9.17, 15) is 18.5 Å². The number of nitrogens with zero attached hydrogens (tertiary/aromatic N) is 2. The first kappa shape index (κ1) is 19.8. The van der Waals surface area contributed by atoms with Crippen molar-refractivity contribution < 1.29 is 13.3 Å². The third kappa shape index (κ3) is 4.84. The fraction of sp³-hybridized carbons (Fsp3) is 0.611. The third-order valence-electron chi connectivity index (χ3n) is 5.66. The van der Waals surface area contributed by atoms with Gasteiger partial charge in [0.25, 0.3) is 5.69 Å². The van der Waals surface area contributed by atoms with E-state index in [1.807, 2.05) is 0 Å². The van der Waals surface area contributed by atoms with E-state index in [1.54, 1.807) is 0 Å². The molecule has 3 rings (SSSR count). The van der Waals surface area contributed by atoms with Crippen molar-refractivity contribution in [2.45, 2.75) is 62.7 Å². The molecule has 1 atom stereocenters. The quantitative estimate of drug-likeness (QED) is 0.580. The highest BCUT2D eigenvalue weighted by molar-refractivity contribution is 7.89. The van der Waals surface area contributed by atoms with Gasteiger partial charge in [0.1, 0.15) is 5.69 Å². The molecule has 2 aliphatic carbocycles. The maximum atomic E-state index is 11.4. The van der Waals surface area contributed by atoms with Gasteiger partial charge < -0.3 is 0 Å². The molecule has 0 aliphatic heterocycles. The lowest BCUT2D eigenvalue weighted by Gasteiger charge is -2.34. The molecule has 0 aromatic heterocycles. The van der Waals surface area contributed by atoms with Crippen molar-refractivity contribution >= 4 is 27.1 Å². The van der Waals surface area contributed by atoms with Gasteiger partial charge in [-0.1, -0.05) is 25.7 Å². The zero-order valence-electron chi connectivity index (χ0n) is 15.3. The van der Waals surface area contributed by atoms with Crippen LogP contribution < -0.4 is 10.6 Å². The Labute approximate surface area is 159 Å². The third-order valence-corrected chi connectivity index (χ3v) is 6.57. The number of nitrogens with two attached hydrogens (primary N) is 1. The number of nitro benzene ring substituents is 1. The summed E-state index contributed by atoms with van der Waals surface area (Å²) in [6, 6.07) is 3.57. The summed E-state index contributed by atoms with van der Waals surface area (Å²) < 4.78 is 22.9. The van der Waals surface area contributed by atoms with Crippen LogP contribution in [0.2, 0.25) is 0 Å². The summed E-state index contributed by atoms with van der Waals surface area (Å²) in [6.45, 7) is 0. The van der Waals surface area contributed by atoms with Gasteiger partial charge in [-0.3, -0.25) is 15.5 Å². The molecule has 27 heavy (non-hydrogen) atoms. The average molecular weight is 394 g/mol. The first-order chi connectivity index (χ1) is 12.9. The van der Waals surface area contributed by atoms with Crippen molar-refractivity contribution in [1.82, 2.24) is 0 Å². The number of hydrogen-bond acceptors (Lipinski definition) is 6. The Morgan fingerprint density at radius 2 is 1.81 bits per heavy atom. The summed E-state index contributed by atoms with van der Waals surface area (Å²) in [5, 5.41) is 20.9. The standard InChI is InChI=1S/C18H26N4O4S/c19-27(25,26)14-10-11-17(18(12-14)22(23)24)21-20-16-9-5-4-8-15(16)13-6-2-1-3-7-13/h10-13,15,21H,1-9H2,(H2,19,25,26)/t15-/m0/s1. The zero-order chi connectivity index (χ0) is 19.4. The molecule has 0 bridgehead atoms. The monoisotopic (exact) mass is 394 g/mol. The molecule has 0 amide bonds. The van der Waals surface area contributed by atoms with Gasteiger partial charge in [-0.15, -0.1) is 0 Å². The molecule has 1 aromatic carbocycles. The molecule has 2 fully saturated rings. The van der Waals surface area contributed by atoms with E-state index in [2.05, 4.69) is 10.5 Å². The molecular weight excluding hydrogens is 368 g/mol. The van der Waals surface area contributed by atoms with Crippen LogP contribution in [-0.4, -0.2) is 19.1 Å². The van der Waals surface area contributed by atoms with Crippen LogP contribution in [0.4, 0.5) is 11.4 Å². The van der Waals surface area contributed by atoms with E-state index in [0.717, 1.165) is 31.0 Å². The molecule has 0 spiro atoms. The number of benzene rings is 1.